The van der Waals surface area contributed by atoms with E-state index in [2.05, 4.69) is 0 Å². The summed E-state index contributed by atoms with van der Waals surface area (Å²) in [7, 11) is 0. The Balaban J connectivity index is 3.00. The predicted octanol–water partition coefficient (Wildman–Crippen LogP) is 0.356. The second kappa shape index (κ2) is 6.30. The summed E-state index contributed by atoms with van der Waals surface area (Å²) in [5.74, 6) is -3.13. The highest BCUT2D eigenvalue weighted by Gasteiger charge is 2.31. The van der Waals surface area contributed by atoms with E-state index in [9.17, 15) is 14.4 Å². The Morgan fingerprint density at radius 3 is 2.47 bits per heavy atom. The Kier molecular flexibility index (Phi) is 5.02. The summed E-state index contributed by atoms with van der Waals surface area (Å²) in [6, 6.07) is -0.823. The average Bonchev–Trinajstić information content (AvgIpc) is 2.81. The van der Waals surface area contributed by atoms with Crippen molar-refractivity contribution in [3.8, 4) is 0 Å². The third kappa shape index (κ3) is 3.76. The molecule has 8 heteroatoms. The van der Waals surface area contributed by atoms with Gasteiger partial charge in [0.25, 0.3) is 0 Å². The van der Waals surface area contributed by atoms with Gasteiger partial charge in [-0.2, -0.15) is 11.3 Å². The fraction of sp³-hybridized carbons (Fsp3) is 0.364. The minimum atomic E-state index is -1.28. The number of rotatable bonds is 6. The molecule has 0 fully saturated rings. The lowest BCUT2D eigenvalue weighted by atomic mass is 10.1. The molecule has 4 N–H and O–H groups in total. The Labute approximate surface area is 113 Å². The number of carbonyl (C=O) groups is 3. The monoisotopic (exact) mass is 286 g/mol. The van der Waals surface area contributed by atoms with Gasteiger partial charge in [0.1, 0.15) is 6.04 Å². The molecular weight excluding hydrogens is 272 g/mol. The quantitative estimate of drug-likeness (QED) is 0.694. The van der Waals surface area contributed by atoms with Gasteiger partial charge in [-0.25, -0.2) is 4.79 Å². The van der Waals surface area contributed by atoms with E-state index >= 15 is 0 Å². The Morgan fingerprint density at radius 2 is 2.05 bits per heavy atom. The first-order chi connectivity index (χ1) is 8.84. The van der Waals surface area contributed by atoms with E-state index in [4.69, 9.17) is 15.9 Å². The van der Waals surface area contributed by atoms with Crippen molar-refractivity contribution in [2.75, 3.05) is 4.90 Å². The smallest absolute Gasteiger partial charge is 0.326 e. The van der Waals surface area contributed by atoms with E-state index in [-0.39, 0.29) is 0 Å². The normalized spacial score (nSPS) is 13.6. The number of amides is 1. The zero-order valence-electron chi connectivity index (χ0n) is 10.1. The summed E-state index contributed by atoms with van der Waals surface area (Å²) >= 11 is 1.30. The van der Waals surface area contributed by atoms with Gasteiger partial charge in [0, 0.05) is 5.38 Å². The van der Waals surface area contributed by atoms with E-state index in [0.717, 1.165) is 4.90 Å². The number of carboxylic acids is 2. The molecule has 1 aromatic rings. The molecule has 1 amide bonds. The first-order valence-electron chi connectivity index (χ1n) is 5.40. The molecule has 1 aromatic heterocycles. The van der Waals surface area contributed by atoms with Crippen LogP contribution in [0.5, 0.6) is 0 Å². The number of carboxylic acid groups (broad SMARTS) is 2. The number of thiophene rings is 1. The van der Waals surface area contributed by atoms with Crippen molar-refractivity contribution in [2.45, 2.75) is 25.4 Å². The van der Waals surface area contributed by atoms with Crippen LogP contribution < -0.4 is 10.6 Å². The average molecular weight is 286 g/mol. The fourth-order valence-corrected chi connectivity index (χ4v) is 2.13. The molecule has 0 bridgehead atoms. The molecule has 0 aromatic carbocycles. The Bertz CT molecular complexity index is 473. The first-order valence-corrected chi connectivity index (χ1v) is 6.34. The van der Waals surface area contributed by atoms with Crippen LogP contribution in [0.1, 0.15) is 13.3 Å². The largest absolute Gasteiger partial charge is 0.481 e. The van der Waals surface area contributed by atoms with Gasteiger partial charge in [-0.05, 0) is 18.4 Å². The van der Waals surface area contributed by atoms with Gasteiger partial charge in [-0.3, -0.25) is 14.5 Å². The van der Waals surface area contributed by atoms with Crippen molar-refractivity contribution in [3.05, 3.63) is 16.8 Å². The van der Waals surface area contributed by atoms with E-state index in [1.54, 1.807) is 16.8 Å². The minimum absolute atomic E-state index is 0.394. The molecule has 0 saturated heterocycles. The van der Waals surface area contributed by atoms with E-state index in [0.29, 0.717) is 5.69 Å². The molecule has 1 rings (SSSR count). The summed E-state index contributed by atoms with van der Waals surface area (Å²) in [4.78, 5) is 34.7. The standard InChI is InChI=1S/C11H14N2O5S/c1-6(11(17)18)13(7-2-3-19-5-7)10(16)8(12)4-9(14)15/h2-3,5-6,8H,4,12H2,1H3,(H,14,15)(H,17,18)/t6-,8-/m0/s1. The van der Waals surface area contributed by atoms with E-state index in [1.165, 1.54) is 18.3 Å². The van der Waals surface area contributed by atoms with Crippen molar-refractivity contribution >= 4 is 34.9 Å². The summed E-state index contributed by atoms with van der Waals surface area (Å²) in [6.07, 6.45) is -0.550. The number of hydrogen-bond donors (Lipinski definition) is 3. The summed E-state index contributed by atoms with van der Waals surface area (Å²) in [5, 5.41) is 20.9. The highest BCUT2D eigenvalue weighted by Crippen LogP contribution is 2.22. The van der Waals surface area contributed by atoms with Gasteiger partial charge in [0.2, 0.25) is 5.91 Å². The highest BCUT2D eigenvalue weighted by atomic mass is 32.1. The molecule has 1 heterocycles. The molecular formula is C11H14N2O5S. The topological polar surface area (TPSA) is 121 Å². The molecule has 0 saturated carbocycles. The number of anilines is 1. The maximum atomic E-state index is 12.1. The second-order valence-electron chi connectivity index (χ2n) is 3.91. The van der Waals surface area contributed by atoms with Crippen LogP contribution in [0.3, 0.4) is 0 Å². The van der Waals surface area contributed by atoms with Crippen LogP contribution in [0.4, 0.5) is 5.69 Å². The first kappa shape index (κ1) is 15.1. The van der Waals surface area contributed by atoms with Gasteiger partial charge in [-0.1, -0.05) is 0 Å². The predicted molar refractivity (Wildman–Crippen MR) is 69.1 cm³/mol. The lowest BCUT2D eigenvalue weighted by molar-refractivity contribution is -0.140. The zero-order valence-corrected chi connectivity index (χ0v) is 11.0. The van der Waals surface area contributed by atoms with Gasteiger partial charge in [0.15, 0.2) is 0 Å². The third-order valence-electron chi connectivity index (χ3n) is 2.48. The molecule has 0 radical (unpaired) electrons. The lowest BCUT2D eigenvalue weighted by Crippen LogP contribution is -2.51. The number of nitrogens with two attached hydrogens (primary N) is 1. The molecule has 7 nitrogen and oxygen atoms in total. The van der Waals surface area contributed by atoms with Crippen LogP contribution >= 0.6 is 11.3 Å². The Morgan fingerprint density at radius 1 is 1.42 bits per heavy atom. The number of carbonyl (C=O) groups excluding carboxylic acids is 1. The lowest BCUT2D eigenvalue weighted by Gasteiger charge is -2.27. The van der Waals surface area contributed by atoms with Crippen molar-refractivity contribution in [1.82, 2.24) is 0 Å². The molecule has 2 atom stereocenters. The maximum Gasteiger partial charge on any atom is 0.326 e. The summed E-state index contributed by atoms with van der Waals surface area (Å²) in [5.41, 5.74) is 5.90. The zero-order chi connectivity index (χ0) is 14.6. The molecule has 19 heavy (non-hydrogen) atoms. The van der Waals surface area contributed by atoms with Crippen molar-refractivity contribution in [3.63, 3.8) is 0 Å². The Hall–Kier alpha value is -1.93. The SMILES string of the molecule is C[C@@H](C(=O)O)N(C(=O)[C@@H](N)CC(=O)O)c1ccsc1. The molecule has 0 unspecified atom stereocenters. The molecule has 104 valence electrons. The van der Waals surface area contributed by atoms with Gasteiger partial charge < -0.3 is 15.9 Å². The van der Waals surface area contributed by atoms with E-state index in [1.807, 2.05) is 0 Å². The van der Waals surface area contributed by atoms with Crippen LogP contribution in [-0.4, -0.2) is 40.1 Å². The summed E-state index contributed by atoms with van der Waals surface area (Å²) in [6.45, 7) is 1.34. The summed E-state index contributed by atoms with van der Waals surface area (Å²) < 4.78 is 0. The number of aliphatic carboxylic acids is 2. The number of hydrogen-bond acceptors (Lipinski definition) is 5. The third-order valence-corrected chi connectivity index (χ3v) is 3.15. The van der Waals surface area contributed by atoms with Gasteiger partial charge in [0.05, 0.1) is 18.2 Å². The van der Waals surface area contributed by atoms with Crippen LogP contribution in [0.15, 0.2) is 16.8 Å². The number of nitrogens with zero attached hydrogens (tertiary/aromatic N) is 1. The van der Waals surface area contributed by atoms with Crippen molar-refractivity contribution in [2.24, 2.45) is 5.73 Å². The van der Waals surface area contributed by atoms with Gasteiger partial charge >= 0.3 is 11.9 Å². The van der Waals surface area contributed by atoms with Gasteiger partial charge in [-0.15, -0.1) is 0 Å². The van der Waals surface area contributed by atoms with Crippen molar-refractivity contribution < 1.29 is 24.6 Å². The van der Waals surface area contributed by atoms with Crippen molar-refractivity contribution in [1.29, 1.82) is 0 Å². The maximum absolute atomic E-state index is 12.1. The molecule has 0 aliphatic heterocycles. The van der Waals surface area contributed by atoms with E-state index < -0.39 is 36.4 Å². The van der Waals surface area contributed by atoms with Crippen LogP contribution in [0.25, 0.3) is 0 Å². The second-order valence-corrected chi connectivity index (χ2v) is 4.69. The fourth-order valence-electron chi connectivity index (χ4n) is 1.50. The molecule has 0 aliphatic rings. The van der Waals surface area contributed by atoms with Crippen LogP contribution in [0.2, 0.25) is 0 Å². The van der Waals surface area contributed by atoms with Crippen LogP contribution in [-0.2, 0) is 14.4 Å². The highest BCUT2D eigenvalue weighted by molar-refractivity contribution is 7.08. The minimum Gasteiger partial charge on any atom is -0.481 e. The molecule has 0 spiro atoms. The van der Waals surface area contributed by atoms with Crippen LogP contribution in [0, 0.1) is 0 Å². The molecule has 0 aliphatic carbocycles.